The number of halogens is 3. The molecular weight excluding hydrogens is 466 g/mol. The number of rotatable bonds is 5. The lowest BCUT2D eigenvalue weighted by Gasteiger charge is -2.34. The van der Waals surface area contributed by atoms with Crippen LogP contribution in [0.25, 0.3) is 28.4 Å². The summed E-state index contributed by atoms with van der Waals surface area (Å²) in [4.78, 5) is 37.3. The second-order valence-electron chi connectivity index (χ2n) is 7.59. The largest absolute Gasteiger partial charge is 0.338 e. The van der Waals surface area contributed by atoms with E-state index in [0.29, 0.717) is 54.5 Å². The van der Waals surface area contributed by atoms with Crippen LogP contribution in [0.4, 0.5) is 14.7 Å². The third-order valence-corrected chi connectivity index (χ3v) is 5.79. The smallest absolute Gasteiger partial charge is 0.296 e. The highest BCUT2D eigenvalue weighted by atomic mass is 35.5. The summed E-state index contributed by atoms with van der Waals surface area (Å²) in [6.07, 6.45) is 0.375. The van der Waals surface area contributed by atoms with Gasteiger partial charge in [0.2, 0.25) is 17.8 Å². The van der Waals surface area contributed by atoms with Crippen molar-refractivity contribution in [2.45, 2.75) is 6.43 Å². The average Bonchev–Trinajstić information content (AvgIpc) is 3.29. The molecule has 1 saturated heterocycles. The number of fused-ring (bicyclic) bond motifs is 1. The lowest BCUT2D eigenvalue weighted by atomic mass is 10.2. The number of imidazole rings is 1. The third kappa shape index (κ3) is 4.14. The van der Waals surface area contributed by atoms with Crippen LogP contribution in [-0.4, -0.2) is 72.4 Å². The number of hydrogen-bond donors (Lipinski definition) is 0. The molecule has 0 saturated carbocycles. The molecule has 0 N–H and O–H groups in total. The molecular formula is C22H19ClF2N8O. The van der Waals surface area contributed by atoms with Crippen LogP contribution in [0.3, 0.4) is 0 Å². The van der Waals surface area contributed by atoms with E-state index in [9.17, 15) is 13.6 Å². The van der Waals surface area contributed by atoms with Gasteiger partial charge in [-0.05, 0) is 24.3 Å². The summed E-state index contributed by atoms with van der Waals surface area (Å²) in [5.74, 6) is 0.0253. The maximum absolute atomic E-state index is 14.0. The molecule has 12 heteroatoms. The van der Waals surface area contributed by atoms with Crippen LogP contribution in [0.2, 0.25) is 0 Å². The first-order valence-electron chi connectivity index (χ1n) is 10.6. The van der Waals surface area contributed by atoms with Crippen molar-refractivity contribution in [2.24, 2.45) is 0 Å². The van der Waals surface area contributed by atoms with Crippen molar-refractivity contribution in [3.63, 3.8) is 0 Å². The van der Waals surface area contributed by atoms with Gasteiger partial charge in [0.25, 0.3) is 6.43 Å². The summed E-state index contributed by atoms with van der Waals surface area (Å²) in [5.41, 5.74) is 1.55. The number of piperazine rings is 1. The number of hydrogen-bond acceptors (Lipinski definition) is 7. The predicted octanol–water partition coefficient (Wildman–Crippen LogP) is 3.10. The summed E-state index contributed by atoms with van der Waals surface area (Å²) < 4.78 is 29.2. The minimum absolute atomic E-state index is 0.0417. The number of carbonyl (C=O) groups excluding carboxylic acids is 1. The standard InChI is InChI=1S/C22H19ClF2N8O/c23-13-17(34)31-9-11-32(12-10-31)21-28-19(14-5-7-26-8-6-14)29-22(30-21)33-16-4-2-1-3-15(16)27-20(33)18(24)25/h1-8,18H,9-13H2. The van der Waals surface area contributed by atoms with E-state index in [1.807, 2.05) is 4.90 Å². The summed E-state index contributed by atoms with van der Waals surface area (Å²) >= 11 is 5.68. The molecule has 5 rings (SSSR count). The van der Waals surface area contributed by atoms with Gasteiger partial charge < -0.3 is 9.80 Å². The summed E-state index contributed by atoms with van der Waals surface area (Å²) in [6, 6.07) is 10.3. The van der Waals surface area contributed by atoms with Crippen LogP contribution in [0.15, 0.2) is 48.8 Å². The molecule has 0 atom stereocenters. The maximum Gasteiger partial charge on any atom is 0.296 e. The second-order valence-corrected chi connectivity index (χ2v) is 7.86. The molecule has 0 bridgehead atoms. The Balaban J connectivity index is 1.63. The topological polar surface area (TPSA) is 92.9 Å². The van der Waals surface area contributed by atoms with Crippen molar-refractivity contribution < 1.29 is 13.6 Å². The van der Waals surface area contributed by atoms with Gasteiger partial charge in [-0.2, -0.15) is 15.0 Å². The van der Waals surface area contributed by atoms with Gasteiger partial charge in [0.05, 0.1) is 11.0 Å². The zero-order chi connectivity index (χ0) is 23.7. The van der Waals surface area contributed by atoms with Gasteiger partial charge in [-0.15, -0.1) is 11.6 Å². The minimum atomic E-state index is -2.83. The quantitative estimate of drug-likeness (QED) is 0.402. The summed E-state index contributed by atoms with van der Waals surface area (Å²) in [6.45, 7) is 1.84. The monoisotopic (exact) mass is 484 g/mol. The molecule has 1 aliphatic heterocycles. The Morgan fingerprint density at radius 3 is 2.35 bits per heavy atom. The second kappa shape index (κ2) is 9.26. The van der Waals surface area contributed by atoms with Crippen LogP contribution in [0, 0.1) is 0 Å². The SMILES string of the molecule is O=C(CCl)N1CCN(c2nc(-c3ccncc3)nc(-n3c(C(F)F)nc4ccccc43)n2)CC1. The first-order valence-corrected chi connectivity index (χ1v) is 11.1. The van der Waals surface area contributed by atoms with E-state index in [1.54, 1.807) is 53.7 Å². The van der Waals surface area contributed by atoms with Crippen LogP contribution >= 0.6 is 11.6 Å². The van der Waals surface area contributed by atoms with E-state index in [2.05, 4.69) is 24.9 Å². The van der Waals surface area contributed by atoms with E-state index in [0.717, 1.165) is 0 Å². The van der Waals surface area contributed by atoms with Gasteiger partial charge in [0.15, 0.2) is 11.6 Å². The molecule has 4 aromatic rings. The molecule has 1 aliphatic rings. The maximum atomic E-state index is 14.0. The first-order chi connectivity index (χ1) is 16.5. The molecule has 9 nitrogen and oxygen atoms in total. The highest BCUT2D eigenvalue weighted by molar-refractivity contribution is 6.27. The molecule has 3 aromatic heterocycles. The number of para-hydroxylation sites is 2. The zero-order valence-electron chi connectivity index (χ0n) is 17.9. The van der Waals surface area contributed by atoms with E-state index in [1.165, 1.54) is 4.57 Å². The molecule has 1 aromatic carbocycles. The molecule has 0 unspecified atom stereocenters. The van der Waals surface area contributed by atoms with Crippen LogP contribution in [0.1, 0.15) is 12.2 Å². The lowest BCUT2D eigenvalue weighted by Crippen LogP contribution is -2.49. The molecule has 4 heterocycles. The van der Waals surface area contributed by atoms with E-state index in [4.69, 9.17) is 11.6 Å². The Morgan fingerprint density at radius 1 is 0.941 bits per heavy atom. The van der Waals surface area contributed by atoms with Crippen molar-refractivity contribution in [2.75, 3.05) is 37.0 Å². The number of alkyl halides is 3. The lowest BCUT2D eigenvalue weighted by molar-refractivity contribution is -0.128. The number of anilines is 1. The zero-order valence-corrected chi connectivity index (χ0v) is 18.6. The van der Waals surface area contributed by atoms with Crippen molar-refractivity contribution in [1.82, 2.24) is 34.4 Å². The summed E-state index contributed by atoms with van der Waals surface area (Å²) in [5, 5.41) is 0. The molecule has 1 fully saturated rings. The van der Waals surface area contributed by atoms with Gasteiger partial charge in [0, 0.05) is 44.1 Å². The average molecular weight is 485 g/mol. The first kappa shape index (κ1) is 22.1. The van der Waals surface area contributed by atoms with Crippen LogP contribution in [0.5, 0.6) is 0 Å². The number of carbonyl (C=O) groups is 1. The fraction of sp³-hybridized carbons (Fsp3) is 0.273. The fourth-order valence-electron chi connectivity index (χ4n) is 3.87. The van der Waals surface area contributed by atoms with E-state index in [-0.39, 0.29) is 17.7 Å². The number of benzene rings is 1. The fourth-order valence-corrected chi connectivity index (χ4v) is 4.04. The Kier molecular flexibility index (Phi) is 6.01. The third-order valence-electron chi connectivity index (χ3n) is 5.56. The Bertz CT molecular complexity index is 1330. The minimum Gasteiger partial charge on any atom is -0.338 e. The molecule has 0 radical (unpaired) electrons. The Labute approximate surface area is 198 Å². The number of amides is 1. The van der Waals surface area contributed by atoms with Crippen molar-refractivity contribution >= 4 is 34.5 Å². The number of nitrogens with zero attached hydrogens (tertiary/aromatic N) is 8. The number of aromatic nitrogens is 6. The van der Waals surface area contributed by atoms with E-state index >= 15 is 0 Å². The van der Waals surface area contributed by atoms with Crippen molar-refractivity contribution in [3.8, 4) is 17.3 Å². The Morgan fingerprint density at radius 2 is 1.65 bits per heavy atom. The van der Waals surface area contributed by atoms with E-state index < -0.39 is 12.2 Å². The molecule has 1 amide bonds. The van der Waals surface area contributed by atoms with Crippen LogP contribution < -0.4 is 4.90 Å². The van der Waals surface area contributed by atoms with Gasteiger partial charge >= 0.3 is 0 Å². The van der Waals surface area contributed by atoms with Gasteiger partial charge in [-0.3, -0.25) is 14.3 Å². The molecule has 34 heavy (non-hydrogen) atoms. The normalized spacial score (nSPS) is 14.2. The molecule has 0 aliphatic carbocycles. The van der Waals surface area contributed by atoms with Crippen molar-refractivity contribution in [3.05, 3.63) is 54.6 Å². The van der Waals surface area contributed by atoms with Gasteiger partial charge in [0.1, 0.15) is 5.88 Å². The Hall–Kier alpha value is -3.73. The highest BCUT2D eigenvalue weighted by Crippen LogP contribution is 2.28. The summed E-state index contributed by atoms with van der Waals surface area (Å²) in [7, 11) is 0. The van der Waals surface area contributed by atoms with Crippen LogP contribution in [-0.2, 0) is 4.79 Å². The van der Waals surface area contributed by atoms with Gasteiger partial charge in [-0.1, -0.05) is 12.1 Å². The number of pyridine rings is 1. The molecule has 174 valence electrons. The predicted molar refractivity (Wildman–Crippen MR) is 122 cm³/mol. The van der Waals surface area contributed by atoms with Crippen molar-refractivity contribution in [1.29, 1.82) is 0 Å². The molecule has 0 spiro atoms. The van der Waals surface area contributed by atoms with Gasteiger partial charge in [-0.25, -0.2) is 13.8 Å². The highest BCUT2D eigenvalue weighted by Gasteiger charge is 2.26.